The second kappa shape index (κ2) is 3.53. The average Bonchev–Trinajstić information content (AvgIpc) is 2.02. The number of hydrogen-bond donors (Lipinski definition) is 0. The molecule has 0 saturated carbocycles. The summed E-state index contributed by atoms with van der Waals surface area (Å²) in [6.07, 6.45) is 1.84. The lowest BCUT2D eigenvalue weighted by molar-refractivity contribution is 1.34. The molecule has 0 fully saturated rings. The molecule has 1 aromatic heterocycles. The zero-order chi connectivity index (χ0) is 9.42. The van der Waals surface area contributed by atoms with E-state index < -0.39 is 0 Å². The number of halogens is 2. The van der Waals surface area contributed by atoms with Crippen LogP contribution in [0.1, 0.15) is 5.56 Å². The van der Waals surface area contributed by atoms with Gasteiger partial charge in [0.25, 0.3) is 0 Å². The molecule has 0 amide bonds. The van der Waals surface area contributed by atoms with Gasteiger partial charge >= 0.3 is 0 Å². The van der Waals surface area contributed by atoms with Crippen molar-refractivity contribution < 1.29 is 0 Å². The zero-order valence-electron chi connectivity index (χ0n) is 7.01. The molecule has 66 valence electrons. The molecule has 2 rings (SSSR count). The first-order valence-corrected chi connectivity index (χ1v) is 5.75. The molecule has 0 unspecified atom stereocenters. The van der Waals surface area contributed by atoms with Crippen LogP contribution in [0, 0.1) is 10.5 Å². The molecule has 0 aliphatic carbocycles. The van der Waals surface area contributed by atoms with Gasteiger partial charge in [0.15, 0.2) is 0 Å². The molecule has 0 radical (unpaired) electrons. The van der Waals surface area contributed by atoms with E-state index in [1.807, 2.05) is 6.20 Å². The fourth-order valence-corrected chi connectivity index (χ4v) is 2.51. The third-order valence-electron chi connectivity index (χ3n) is 1.91. The fraction of sp³-hybridized carbons (Fsp3) is 0.100. The van der Waals surface area contributed by atoms with E-state index in [0.717, 1.165) is 9.99 Å². The highest BCUT2D eigenvalue weighted by atomic mass is 127. The number of nitrogens with zero attached hydrogens (tertiary/aromatic N) is 1. The molecule has 0 spiro atoms. The summed E-state index contributed by atoms with van der Waals surface area (Å²) in [5.41, 5.74) is 2.32. The van der Waals surface area contributed by atoms with Crippen LogP contribution in [0.3, 0.4) is 0 Å². The van der Waals surface area contributed by atoms with Crippen molar-refractivity contribution in [2.45, 2.75) is 6.92 Å². The molecule has 1 aromatic carbocycles. The van der Waals surface area contributed by atoms with Crippen LogP contribution in [0.4, 0.5) is 0 Å². The van der Waals surface area contributed by atoms with E-state index in [0.29, 0.717) is 0 Å². The molecule has 0 bridgehead atoms. The lowest BCUT2D eigenvalue weighted by Crippen LogP contribution is -1.84. The Morgan fingerprint density at radius 3 is 2.85 bits per heavy atom. The monoisotopic (exact) mass is 347 g/mol. The molecule has 1 nitrogen and oxygen atoms in total. The third-order valence-corrected chi connectivity index (χ3v) is 2.96. The first kappa shape index (κ1) is 9.40. The molecular formula is C10H7BrIN. The molecular weight excluding hydrogens is 341 g/mol. The number of pyridine rings is 1. The standard InChI is InChI=1S/C10H7BrIN/c1-6-2-9(12)4-7-3-8(11)5-13-10(6)7/h2-5H,1H3. The number of benzene rings is 1. The number of hydrogen-bond acceptors (Lipinski definition) is 1. The minimum atomic E-state index is 1.03. The predicted octanol–water partition coefficient (Wildman–Crippen LogP) is 3.91. The van der Waals surface area contributed by atoms with E-state index in [1.54, 1.807) is 0 Å². The minimum absolute atomic E-state index is 1.03. The smallest absolute Gasteiger partial charge is 0.0732 e. The van der Waals surface area contributed by atoms with Crippen molar-refractivity contribution in [2.75, 3.05) is 0 Å². The Kier molecular flexibility index (Phi) is 2.55. The van der Waals surface area contributed by atoms with Crippen molar-refractivity contribution in [1.29, 1.82) is 0 Å². The van der Waals surface area contributed by atoms with Crippen molar-refractivity contribution in [3.05, 3.63) is 38.0 Å². The highest BCUT2D eigenvalue weighted by Crippen LogP contribution is 2.22. The van der Waals surface area contributed by atoms with Crippen LogP contribution in [-0.2, 0) is 0 Å². The third kappa shape index (κ3) is 1.86. The van der Waals surface area contributed by atoms with Crippen LogP contribution in [0.15, 0.2) is 28.9 Å². The van der Waals surface area contributed by atoms with Gasteiger partial charge in [-0.2, -0.15) is 0 Å². The Labute approximate surface area is 98.8 Å². The normalized spacial score (nSPS) is 10.7. The van der Waals surface area contributed by atoms with Crippen LogP contribution >= 0.6 is 38.5 Å². The van der Waals surface area contributed by atoms with Gasteiger partial charge in [-0.25, -0.2) is 0 Å². The van der Waals surface area contributed by atoms with Crippen LogP contribution in [0.5, 0.6) is 0 Å². The highest BCUT2D eigenvalue weighted by molar-refractivity contribution is 14.1. The van der Waals surface area contributed by atoms with E-state index in [1.165, 1.54) is 14.5 Å². The molecule has 1 heterocycles. The summed E-state index contributed by atoms with van der Waals surface area (Å²) in [6.45, 7) is 2.09. The first-order valence-electron chi connectivity index (χ1n) is 3.88. The van der Waals surface area contributed by atoms with Crippen molar-refractivity contribution in [3.8, 4) is 0 Å². The second-order valence-electron chi connectivity index (χ2n) is 2.95. The van der Waals surface area contributed by atoms with Gasteiger partial charge in [-0.05, 0) is 69.2 Å². The van der Waals surface area contributed by atoms with Gasteiger partial charge in [0.2, 0.25) is 0 Å². The van der Waals surface area contributed by atoms with E-state index in [4.69, 9.17) is 0 Å². The topological polar surface area (TPSA) is 12.9 Å². The fourth-order valence-electron chi connectivity index (χ4n) is 1.36. The minimum Gasteiger partial charge on any atom is -0.255 e. The van der Waals surface area contributed by atoms with Gasteiger partial charge in [0.05, 0.1) is 5.52 Å². The van der Waals surface area contributed by atoms with Gasteiger partial charge in [0.1, 0.15) is 0 Å². The Balaban J connectivity index is 2.86. The quantitative estimate of drug-likeness (QED) is 0.658. The second-order valence-corrected chi connectivity index (χ2v) is 5.11. The predicted molar refractivity (Wildman–Crippen MR) is 66.9 cm³/mol. The van der Waals surface area contributed by atoms with Crippen LogP contribution in [0.25, 0.3) is 10.9 Å². The van der Waals surface area contributed by atoms with Crippen LogP contribution in [0.2, 0.25) is 0 Å². The zero-order valence-corrected chi connectivity index (χ0v) is 10.8. The van der Waals surface area contributed by atoms with Gasteiger partial charge < -0.3 is 0 Å². The van der Waals surface area contributed by atoms with Crippen LogP contribution in [-0.4, -0.2) is 4.98 Å². The van der Waals surface area contributed by atoms with E-state index in [9.17, 15) is 0 Å². The Bertz CT molecular complexity index is 462. The maximum absolute atomic E-state index is 4.37. The Hall–Kier alpha value is -0.160. The molecule has 13 heavy (non-hydrogen) atoms. The largest absolute Gasteiger partial charge is 0.255 e. The van der Waals surface area contributed by atoms with Crippen molar-refractivity contribution >= 4 is 49.4 Å². The molecule has 0 atom stereocenters. The van der Waals surface area contributed by atoms with Gasteiger partial charge in [0, 0.05) is 19.6 Å². The van der Waals surface area contributed by atoms with Crippen molar-refractivity contribution in [2.24, 2.45) is 0 Å². The Morgan fingerprint density at radius 2 is 2.08 bits per heavy atom. The summed E-state index contributed by atoms with van der Waals surface area (Å²) >= 11 is 5.74. The van der Waals surface area contributed by atoms with Crippen molar-refractivity contribution in [1.82, 2.24) is 4.98 Å². The highest BCUT2D eigenvalue weighted by Gasteiger charge is 2.00. The first-order chi connectivity index (χ1) is 6.16. The summed E-state index contributed by atoms with van der Waals surface area (Å²) in [6, 6.07) is 6.38. The summed E-state index contributed by atoms with van der Waals surface area (Å²) in [4.78, 5) is 4.37. The van der Waals surface area contributed by atoms with E-state index >= 15 is 0 Å². The summed E-state index contributed by atoms with van der Waals surface area (Å²) in [5, 5.41) is 1.19. The summed E-state index contributed by atoms with van der Waals surface area (Å²) in [7, 11) is 0. The van der Waals surface area contributed by atoms with Gasteiger partial charge in [-0.1, -0.05) is 0 Å². The van der Waals surface area contributed by atoms with Gasteiger partial charge in [-0.3, -0.25) is 4.98 Å². The molecule has 3 heteroatoms. The van der Waals surface area contributed by atoms with Gasteiger partial charge in [-0.15, -0.1) is 0 Å². The Morgan fingerprint density at radius 1 is 1.31 bits per heavy atom. The number of rotatable bonds is 0. The SMILES string of the molecule is Cc1cc(I)cc2cc(Br)cnc12. The molecule has 2 aromatic rings. The molecule has 0 saturated heterocycles. The number of aromatic nitrogens is 1. The lowest BCUT2D eigenvalue weighted by Gasteiger charge is -2.02. The summed E-state index contributed by atoms with van der Waals surface area (Å²) < 4.78 is 2.28. The molecule has 0 aliphatic heterocycles. The van der Waals surface area contributed by atoms with Crippen molar-refractivity contribution in [3.63, 3.8) is 0 Å². The maximum atomic E-state index is 4.37. The van der Waals surface area contributed by atoms with Crippen LogP contribution < -0.4 is 0 Å². The molecule has 0 N–H and O–H groups in total. The summed E-state index contributed by atoms with van der Waals surface area (Å²) in [5.74, 6) is 0. The molecule has 0 aliphatic rings. The number of aryl methyl sites for hydroxylation is 1. The number of fused-ring (bicyclic) bond motifs is 1. The van der Waals surface area contributed by atoms with E-state index in [-0.39, 0.29) is 0 Å². The average molecular weight is 348 g/mol. The lowest BCUT2D eigenvalue weighted by atomic mass is 10.1. The van der Waals surface area contributed by atoms with E-state index in [2.05, 4.69) is 68.6 Å². The maximum Gasteiger partial charge on any atom is 0.0732 e.